The molecule has 19 nitrogen and oxygen atoms in total. The number of carboxylic acid groups (broad SMARTS) is 1. The van der Waals surface area contributed by atoms with Gasteiger partial charge in [-0.25, -0.2) is 24.2 Å². The molecule has 0 unspecified atom stereocenters. The van der Waals surface area contributed by atoms with Crippen LogP contribution < -0.4 is 19.3 Å². The van der Waals surface area contributed by atoms with Gasteiger partial charge in [0.25, 0.3) is 16.1 Å². The first kappa shape index (κ1) is 63.1. The number of nitrogens with two attached hydrogens (primary N) is 1. The Morgan fingerprint density at radius 2 is 1.08 bits per heavy atom. The van der Waals surface area contributed by atoms with Crippen LogP contribution in [0.15, 0.2) is 109 Å². The Labute approximate surface area is 497 Å². The van der Waals surface area contributed by atoms with Crippen molar-refractivity contribution in [2.75, 3.05) is 62.8 Å². The number of rotatable bonds is 15. The molecule has 2 aliphatic heterocycles. The number of aromatic carboxylic acids is 1. The summed E-state index contributed by atoms with van der Waals surface area (Å²) in [6.45, 7) is 7.76. The van der Waals surface area contributed by atoms with Crippen molar-refractivity contribution in [3.63, 3.8) is 0 Å². The maximum atomic E-state index is 13.2. The zero-order valence-corrected chi connectivity index (χ0v) is 50.5. The van der Waals surface area contributed by atoms with Crippen molar-refractivity contribution < 1.29 is 65.8 Å². The number of nitrogens with one attached hydrogen (secondary N) is 1. The Balaban J connectivity index is 0.000000210. The van der Waals surface area contributed by atoms with Gasteiger partial charge in [-0.05, 0) is 133 Å². The number of halogens is 1. The van der Waals surface area contributed by atoms with Crippen molar-refractivity contribution >= 4 is 78.2 Å². The fourth-order valence-corrected chi connectivity index (χ4v) is 12.8. The van der Waals surface area contributed by atoms with Gasteiger partial charge in [0.1, 0.15) is 11.5 Å². The van der Waals surface area contributed by atoms with E-state index in [4.69, 9.17) is 25.5 Å². The molecule has 2 aromatic heterocycles. The van der Waals surface area contributed by atoms with E-state index in [1.165, 1.54) is 77.3 Å². The summed E-state index contributed by atoms with van der Waals surface area (Å²) in [6.07, 6.45) is 18.0. The molecule has 0 spiro atoms. The number of esters is 2. The lowest BCUT2D eigenvalue weighted by Crippen LogP contribution is -2.41. The SMILES string of the molecule is C=CCN(C)S(=O)(=O)NC(=O)c1ccc2c(C3CCCCC3)c3n(c2c1)CC(C(=O)OC)=Cc1cc(OC)ccc1-3.C=CCN(C)S(N)(=O)=O.COC(=O)C1=Cc2cc(OC)ccc2-c2c(C3CCCCC3)c3ccc(C(=O)O)cc3n2C1.[2H]CF. The number of likely N-dealkylation sites (N-methyl/N-ethyl adjacent to an activating group) is 2. The molecule has 4 aliphatic rings. The Kier molecular flexibility index (Phi) is 21.0. The van der Waals surface area contributed by atoms with Gasteiger partial charge in [-0.15, -0.1) is 13.2 Å². The summed E-state index contributed by atoms with van der Waals surface area (Å²) in [4.78, 5) is 50.6. The average molecular weight is 1210 g/mol. The predicted molar refractivity (Wildman–Crippen MR) is 329 cm³/mol. The van der Waals surface area contributed by atoms with Crippen molar-refractivity contribution in [3.05, 3.63) is 143 Å². The molecule has 454 valence electrons. The quantitative estimate of drug-likeness (QED) is 0.0640. The summed E-state index contributed by atoms with van der Waals surface area (Å²) in [7, 11) is 0.170. The molecule has 0 atom stereocenters. The van der Waals surface area contributed by atoms with Crippen molar-refractivity contribution in [2.24, 2.45) is 5.14 Å². The molecular weight excluding hydrogens is 1130 g/mol. The third kappa shape index (κ3) is 14.3. The van der Waals surface area contributed by atoms with Crippen LogP contribution in [0, 0.1) is 0 Å². The number of alkyl halides is 1. The lowest BCUT2D eigenvalue weighted by Gasteiger charge is -2.24. The van der Waals surface area contributed by atoms with Gasteiger partial charge < -0.3 is 33.2 Å². The first-order chi connectivity index (χ1) is 41.1. The second kappa shape index (κ2) is 28.3. The summed E-state index contributed by atoms with van der Waals surface area (Å²) in [5.74, 6) is -0.451. The zero-order chi connectivity index (χ0) is 62.6. The minimum absolute atomic E-state index is 0.0610. The highest BCUT2D eigenvalue weighted by atomic mass is 32.2. The van der Waals surface area contributed by atoms with Crippen LogP contribution in [0.1, 0.15) is 120 Å². The van der Waals surface area contributed by atoms with Gasteiger partial charge in [0, 0.05) is 65.7 Å². The average Bonchev–Trinajstić information content (AvgIpc) is 1.90. The molecule has 4 N–H and O–H groups in total. The lowest BCUT2D eigenvalue weighted by molar-refractivity contribution is -0.137. The Hall–Kier alpha value is -7.89. The smallest absolute Gasteiger partial charge is 0.335 e. The maximum Gasteiger partial charge on any atom is 0.335 e. The highest BCUT2D eigenvalue weighted by Crippen LogP contribution is 2.49. The van der Waals surface area contributed by atoms with Gasteiger partial charge in [-0.1, -0.05) is 62.8 Å². The summed E-state index contributed by atoms with van der Waals surface area (Å²) in [5, 5.41) is 16.4. The number of hydrogen-bond donors (Lipinski definition) is 3. The largest absolute Gasteiger partial charge is 0.497 e. The number of ether oxygens (including phenoxy) is 4. The van der Waals surface area contributed by atoms with Crippen molar-refractivity contribution in [2.45, 2.75) is 89.1 Å². The number of methoxy groups -OCH3 is 4. The first-order valence-corrected chi connectivity index (χ1v) is 30.6. The molecule has 2 saturated carbocycles. The van der Waals surface area contributed by atoms with E-state index >= 15 is 0 Å². The molecular formula is C63H75FN6O13S2. The summed E-state index contributed by atoms with van der Waals surface area (Å²) in [6, 6.07) is 22.4. The zero-order valence-electron chi connectivity index (χ0n) is 49.8. The first-order valence-electron chi connectivity index (χ1n) is 28.4. The Morgan fingerprint density at radius 3 is 1.46 bits per heavy atom. The molecule has 10 rings (SSSR count). The summed E-state index contributed by atoms with van der Waals surface area (Å²) in [5.41, 5.74) is 11.2. The molecule has 22 heteroatoms. The van der Waals surface area contributed by atoms with Crippen LogP contribution in [-0.2, 0) is 52.6 Å². The summed E-state index contributed by atoms with van der Waals surface area (Å²) < 4.78 is 91.1. The monoisotopic (exact) mass is 1210 g/mol. The molecule has 85 heavy (non-hydrogen) atoms. The number of carboxylic acids is 1. The fourth-order valence-electron chi connectivity index (χ4n) is 11.7. The number of aromatic nitrogens is 2. The molecule has 4 heterocycles. The van der Waals surface area contributed by atoms with Gasteiger partial charge >= 0.3 is 28.1 Å². The standard InChI is InChI=1S/C31H35N3O6S.C27H27NO5.C4H10N2O2S.CH3F/c1-5-15-33(2)41(37,38)32-30(35)21-11-13-26-27(18-21)34-19-23(31(36)40-4)16-22-17-24(39-3)12-14-25(22)29(34)28(26)20-9-7-6-8-10-20;1-32-20-9-11-21-18(13-20)12-19(27(31)33-2)15-28-23-14-17(26(29)30)8-10-22(23)24(25(21)28)16-6-4-3-5-7-16;1-3-4-6(2)9(5,7)8;1-2/h5,11-14,16-18,20H,1,6-10,15,19H2,2-4H3,(H,32,35);8-14,16H,3-7,15H2,1-2H3,(H,29,30);3H,1,4H2,2H3,(H2,5,7,8);1H3/i;;;1D. The van der Waals surface area contributed by atoms with E-state index in [2.05, 4.69) is 27.0 Å². The van der Waals surface area contributed by atoms with E-state index in [1.54, 1.807) is 38.5 Å². The van der Waals surface area contributed by atoms with Crippen LogP contribution >= 0.6 is 0 Å². The number of benzene rings is 4. The maximum absolute atomic E-state index is 13.2. The van der Waals surface area contributed by atoms with Crippen LogP contribution in [-0.4, -0.2) is 126 Å². The molecule has 0 bridgehead atoms. The van der Waals surface area contributed by atoms with E-state index < -0.39 is 51.4 Å². The van der Waals surface area contributed by atoms with Crippen LogP contribution in [0.25, 0.3) is 56.5 Å². The van der Waals surface area contributed by atoms with Gasteiger partial charge in [-0.2, -0.15) is 25.4 Å². The third-order valence-corrected chi connectivity index (χ3v) is 18.3. The molecule has 4 aromatic carbocycles. The van der Waals surface area contributed by atoms with Crippen LogP contribution in [0.2, 0.25) is 0 Å². The third-order valence-electron chi connectivity index (χ3n) is 15.8. The summed E-state index contributed by atoms with van der Waals surface area (Å²) >= 11 is 0. The van der Waals surface area contributed by atoms with E-state index in [9.17, 15) is 45.5 Å². The number of carbonyl (C=O) groups excluding carboxylic acids is 3. The number of nitrogens with zero attached hydrogens (tertiary/aromatic N) is 4. The van der Waals surface area contributed by atoms with E-state index in [0.717, 1.165) is 103 Å². The number of fused-ring (bicyclic) bond motifs is 10. The van der Waals surface area contributed by atoms with Gasteiger partial charge in [0.15, 0.2) is 0 Å². The topological polar surface area (TPSA) is 248 Å². The van der Waals surface area contributed by atoms with Crippen molar-refractivity contribution in [1.29, 1.82) is 0 Å². The highest BCUT2D eigenvalue weighted by molar-refractivity contribution is 7.87. The number of hydrogen-bond acceptors (Lipinski definition) is 12. The van der Waals surface area contributed by atoms with Crippen LogP contribution in [0.5, 0.6) is 11.5 Å². The Morgan fingerprint density at radius 1 is 0.671 bits per heavy atom. The Bertz CT molecular complexity index is 3840. The van der Waals surface area contributed by atoms with E-state index in [1.807, 2.05) is 60.7 Å². The van der Waals surface area contributed by atoms with Gasteiger partial charge in [0.2, 0.25) is 0 Å². The van der Waals surface area contributed by atoms with E-state index in [-0.39, 0.29) is 30.8 Å². The highest BCUT2D eigenvalue weighted by Gasteiger charge is 2.33. The van der Waals surface area contributed by atoms with E-state index in [0.29, 0.717) is 41.0 Å². The molecule has 1 amide bonds. The number of amides is 1. The molecule has 0 radical (unpaired) electrons. The molecule has 0 saturated heterocycles. The van der Waals surface area contributed by atoms with Crippen LogP contribution in [0.3, 0.4) is 0 Å². The van der Waals surface area contributed by atoms with Crippen molar-refractivity contribution in [1.82, 2.24) is 22.5 Å². The second-order valence-corrected chi connectivity index (χ2v) is 24.4. The van der Waals surface area contributed by atoms with Gasteiger partial charge in [0.05, 0.1) is 78.2 Å². The fraction of sp³-hybridized carbons (Fsp3) is 0.365. The second-order valence-electron chi connectivity index (χ2n) is 21.0. The number of carbonyl (C=O) groups is 4. The minimum Gasteiger partial charge on any atom is -0.497 e. The van der Waals surface area contributed by atoms with Crippen molar-refractivity contribution in [3.8, 4) is 34.0 Å². The van der Waals surface area contributed by atoms with Crippen LogP contribution in [0.4, 0.5) is 4.39 Å². The molecule has 2 aliphatic carbocycles. The minimum atomic E-state index is -4.05. The normalized spacial score (nSPS) is 15.1. The molecule has 6 aromatic rings. The van der Waals surface area contributed by atoms with Gasteiger partial charge in [-0.3, -0.25) is 9.18 Å². The lowest BCUT2D eigenvalue weighted by atomic mass is 9.81. The molecule has 2 fully saturated rings. The predicted octanol–water partition coefficient (Wildman–Crippen LogP) is 10.6.